The van der Waals surface area contributed by atoms with Crippen LogP contribution in [0.2, 0.25) is 0 Å². The Balaban J connectivity index is 2.29. The maximum Gasteiger partial charge on any atom is 0.0508 e. The second kappa shape index (κ2) is 4.65. The van der Waals surface area contributed by atoms with Crippen LogP contribution in [0.4, 0.5) is 0 Å². The van der Waals surface area contributed by atoms with E-state index in [1.807, 2.05) is 6.08 Å². The normalized spacial score (nSPS) is 11.0. The standard InChI is InChI=1S/C15H11BrS2/c1-3-12-9(2)14(16)15(18-12)11-8-17-13-7-5-4-6-10(11)13/h3-8H,1H2,2H3. The quantitative estimate of drug-likeness (QED) is 0.512. The molecule has 90 valence electrons. The van der Waals surface area contributed by atoms with Gasteiger partial charge in [0, 0.05) is 30.4 Å². The Morgan fingerprint density at radius 2 is 2.06 bits per heavy atom. The van der Waals surface area contributed by atoms with Crippen molar-refractivity contribution in [2.24, 2.45) is 0 Å². The Labute approximate surface area is 123 Å². The van der Waals surface area contributed by atoms with Crippen LogP contribution in [0, 0.1) is 6.92 Å². The molecule has 2 heterocycles. The van der Waals surface area contributed by atoms with Crippen LogP contribution in [-0.4, -0.2) is 0 Å². The monoisotopic (exact) mass is 334 g/mol. The zero-order chi connectivity index (χ0) is 12.7. The van der Waals surface area contributed by atoms with Crippen molar-refractivity contribution in [3.05, 3.63) is 51.1 Å². The van der Waals surface area contributed by atoms with Crippen molar-refractivity contribution < 1.29 is 0 Å². The highest BCUT2D eigenvalue weighted by Crippen LogP contribution is 2.44. The van der Waals surface area contributed by atoms with E-state index in [1.54, 1.807) is 22.7 Å². The predicted octanol–water partition coefficient (Wildman–Crippen LogP) is 6.34. The largest absolute Gasteiger partial charge is 0.143 e. The number of thiophene rings is 2. The highest BCUT2D eigenvalue weighted by atomic mass is 79.9. The van der Waals surface area contributed by atoms with Gasteiger partial charge in [0.15, 0.2) is 0 Å². The van der Waals surface area contributed by atoms with Crippen molar-refractivity contribution in [1.29, 1.82) is 0 Å². The first-order chi connectivity index (χ1) is 8.72. The number of halogens is 1. The lowest BCUT2D eigenvalue weighted by molar-refractivity contribution is 1.50. The molecule has 3 heteroatoms. The lowest BCUT2D eigenvalue weighted by Gasteiger charge is -1.97. The summed E-state index contributed by atoms with van der Waals surface area (Å²) >= 11 is 7.32. The van der Waals surface area contributed by atoms with Gasteiger partial charge in [0.1, 0.15) is 0 Å². The minimum Gasteiger partial charge on any atom is -0.143 e. The van der Waals surface area contributed by atoms with Gasteiger partial charge >= 0.3 is 0 Å². The summed E-state index contributed by atoms with van der Waals surface area (Å²) in [6, 6.07) is 8.55. The van der Waals surface area contributed by atoms with E-state index in [9.17, 15) is 0 Å². The summed E-state index contributed by atoms with van der Waals surface area (Å²) in [5.41, 5.74) is 2.60. The highest BCUT2D eigenvalue weighted by Gasteiger charge is 2.15. The molecule has 0 amide bonds. The molecular weight excluding hydrogens is 324 g/mol. The Morgan fingerprint density at radius 3 is 2.78 bits per heavy atom. The van der Waals surface area contributed by atoms with Crippen molar-refractivity contribution in [3.8, 4) is 10.4 Å². The van der Waals surface area contributed by atoms with Gasteiger partial charge in [0.25, 0.3) is 0 Å². The summed E-state index contributed by atoms with van der Waals surface area (Å²) in [6.45, 7) is 6.02. The van der Waals surface area contributed by atoms with E-state index in [2.05, 4.69) is 59.1 Å². The zero-order valence-corrected chi connectivity index (χ0v) is 13.1. The number of hydrogen-bond donors (Lipinski definition) is 0. The average Bonchev–Trinajstić information content (AvgIpc) is 2.93. The fourth-order valence-corrected chi connectivity index (χ4v) is 4.94. The van der Waals surface area contributed by atoms with Crippen molar-refractivity contribution in [2.45, 2.75) is 6.92 Å². The Bertz CT molecular complexity index is 734. The number of rotatable bonds is 2. The smallest absolute Gasteiger partial charge is 0.0508 e. The Hall–Kier alpha value is -0.900. The van der Waals surface area contributed by atoms with Gasteiger partial charge in [-0.25, -0.2) is 0 Å². The molecule has 0 aliphatic rings. The Kier molecular flexibility index (Phi) is 3.14. The van der Waals surface area contributed by atoms with Gasteiger partial charge < -0.3 is 0 Å². The van der Waals surface area contributed by atoms with Crippen LogP contribution in [0.25, 0.3) is 26.6 Å². The fraction of sp³-hybridized carbons (Fsp3) is 0.0667. The van der Waals surface area contributed by atoms with Crippen LogP contribution in [0.5, 0.6) is 0 Å². The lowest BCUT2D eigenvalue weighted by Crippen LogP contribution is -1.72. The van der Waals surface area contributed by atoms with E-state index in [0.717, 1.165) is 0 Å². The minimum atomic E-state index is 1.20. The molecule has 3 aromatic rings. The van der Waals surface area contributed by atoms with E-state index in [1.165, 1.54) is 35.4 Å². The zero-order valence-electron chi connectivity index (χ0n) is 9.87. The molecule has 1 aromatic carbocycles. The topological polar surface area (TPSA) is 0 Å². The van der Waals surface area contributed by atoms with Crippen molar-refractivity contribution in [2.75, 3.05) is 0 Å². The third-order valence-electron chi connectivity index (χ3n) is 3.02. The molecule has 0 N–H and O–H groups in total. The third kappa shape index (κ3) is 1.78. The van der Waals surface area contributed by atoms with Gasteiger partial charge in [-0.05, 0) is 34.5 Å². The van der Waals surface area contributed by atoms with Gasteiger partial charge in [0.2, 0.25) is 0 Å². The molecular formula is C15H11BrS2. The molecule has 0 fully saturated rings. The number of fused-ring (bicyclic) bond motifs is 1. The maximum absolute atomic E-state index is 3.88. The molecule has 0 radical (unpaired) electrons. The summed E-state index contributed by atoms with van der Waals surface area (Å²) in [5, 5.41) is 3.58. The molecule has 0 nitrogen and oxygen atoms in total. The second-order valence-electron chi connectivity index (χ2n) is 4.08. The van der Waals surface area contributed by atoms with Gasteiger partial charge in [-0.2, -0.15) is 0 Å². The predicted molar refractivity (Wildman–Crippen MR) is 87.7 cm³/mol. The molecule has 3 rings (SSSR count). The Morgan fingerprint density at radius 1 is 1.28 bits per heavy atom. The summed E-state index contributed by atoms with van der Waals surface area (Å²) in [6.07, 6.45) is 1.93. The van der Waals surface area contributed by atoms with E-state index >= 15 is 0 Å². The van der Waals surface area contributed by atoms with Gasteiger partial charge in [0.05, 0.1) is 4.88 Å². The molecule has 0 unspecified atom stereocenters. The summed E-state index contributed by atoms with van der Waals surface area (Å²) in [5.74, 6) is 0. The summed E-state index contributed by atoms with van der Waals surface area (Å²) < 4.78 is 2.54. The highest BCUT2D eigenvalue weighted by molar-refractivity contribution is 9.10. The van der Waals surface area contributed by atoms with E-state index in [-0.39, 0.29) is 0 Å². The van der Waals surface area contributed by atoms with Crippen LogP contribution < -0.4 is 0 Å². The van der Waals surface area contributed by atoms with Crippen LogP contribution in [-0.2, 0) is 0 Å². The number of hydrogen-bond acceptors (Lipinski definition) is 2. The van der Waals surface area contributed by atoms with Crippen LogP contribution in [0.1, 0.15) is 10.4 Å². The van der Waals surface area contributed by atoms with Crippen molar-refractivity contribution in [3.63, 3.8) is 0 Å². The SMILES string of the molecule is C=Cc1sc(-c2csc3ccccc23)c(Br)c1C. The molecule has 0 spiro atoms. The molecule has 0 saturated carbocycles. The lowest BCUT2D eigenvalue weighted by atomic mass is 10.1. The van der Waals surface area contributed by atoms with Gasteiger partial charge in [-0.3, -0.25) is 0 Å². The molecule has 0 bridgehead atoms. The third-order valence-corrected chi connectivity index (χ3v) is 6.56. The molecule has 0 saturated heterocycles. The first-order valence-corrected chi connectivity index (χ1v) is 8.09. The second-order valence-corrected chi connectivity index (χ2v) is 6.84. The van der Waals surface area contributed by atoms with Gasteiger partial charge in [-0.15, -0.1) is 22.7 Å². The van der Waals surface area contributed by atoms with Gasteiger partial charge in [-0.1, -0.05) is 30.9 Å². The first-order valence-electron chi connectivity index (χ1n) is 5.60. The van der Waals surface area contributed by atoms with Crippen LogP contribution >= 0.6 is 38.6 Å². The van der Waals surface area contributed by atoms with Crippen molar-refractivity contribution in [1.82, 2.24) is 0 Å². The van der Waals surface area contributed by atoms with E-state index < -0.39 is 0 Å². The van der Waals surface area contributed by atoms with Crippen LogP contribution in [0.3, 0.4) is 0 Å². The van der Waals surface area contributed by atoms with Crippen molar-refractivity contribution >= 4 is 54.8 Å². The average molecular weight is 335 g/mol. The van der Waals surface area contributed by atoms with Crippen LogP contribution in [0.15, 0.2) is 40.7 Å². The molecule has 2 aromatic heterocycles. The van der Waals surface area contributed by atoms with E-state index in [0.29, 0.717) is 0 Å². The first kappa shape index (κ1) is 12.2. The maximum atomic E-state index is 3.88. The van der Waals surface area contributed by atoms with E-state index in [4.69, 9.17) is 0 Å². The number of benzene rings is 1. The molecule has 0 aliphatic heterocycles. The summed E-state index contributed by atoms with van der Waals surface area (Å²) in [7, 11) is 0. The molecule has 0 aliphatic carbocycles. The minimum absolute atomic E-state index is 1.20. The summed E-state index contributed by atoms with van der Waals surface area (Å²) in [4.78, 5) is 2.55. The fourth-order valence-electron chi connectivity index (χ4n) is 2.03. The molecule has 18 heavy (non-hydrogen) atoms. The molecule has 0 atom stereocenters.